The van der Waals surface area contributed by atoms with E-state index in [-0.39, 0.29) is 35.7 Å². The van der Waals surface area contributed by atoms with Crippen LogP contribution in [0.15, 0.2) is 42.5 Å². The molecule has 2 saturated heterocycles. The summed E-state index contributed by atoms with van der Waals surface area (Å²) in [5.74, 6) is -2.10. The zero-order valence-corrected chi connectivity index (χ0v) is 18.9. The average molecular weight is 491 g/mol. The minimum Gasteiger partial charge on any atom is -0.446 e. The van der Waals surface area contributed by atoms with Crippen molar-refractivity contribution in [3.63, 3.8) is 0 Å². The van der Waals surface area contributed by atoms with Crippen LogP contribution in [0.2, 0.25) is 0 Å². The lowest BCUT2D eigenvalue weighted by Gasteiger charge is -2.38. The summed E-state index contributed by atoms with van der Waals surface area (Å²) in [5, 5.41) is 21.1. The van der Waals surface area contributed by atoms with Crippen LogP contribution in [0.1, 0.15) is 30.9 Å². The molecule has 3 amide bonds. The second-order valence-corrected chi connectivity index (χ2v) is 8.79. The Balaban J connectivity index is 1.29. The van der Waals surface area contributed by atoms with Gasteiger partial charge in [-0.3, -0.25) is 10.1 Å². The Hall–Kier alpha value is -3.38. The van der Waals surface area contributed by atoms with Crippen molar-refractivity contribution in [3.8, 4) is 0 Å². The summed E-state index contributed by atoms with van der Waals surface area (Å²) in [6.45, 7) is 1.03. The number of piperidine rings is 1. The van der Waals surface area contributed by atoms with Gasteiger partial charge in [-0.05, 0) is 43.2 Å². The number of urea groups is 1. The van der Waals surface area contributed by atoms with E-state index >= 15 is 0 Å². The number of rotatable bonds is 7. The number of carbonyl (C=O) groups is 2. The number of hydrogen-bond donors (Lipinski definition) is 3. The Kier molecular flexibility index (Phi) is 7.41. The number of ether oxygens (including phenoxy) is 1. The molecular weight excluding hydrogens is 464 g/mol. The van der Waals surface area contributed by atoms with Crippen LogP contribution in [-0.4, -0.2) is 65.8 Å². The number of halogens is 2. The Morgan fingerprint density at radius 3 is 2.83 bits per heavy atom. The van der Waals surface area contributed by atoms with Crippen LogP contribution in [0.3, 0.4) is 0 Å². The molecule has 2 fully saturated rings. The number of nitro groups is 1. The summed E-state index contributed by atoms with van der Waals surface area (Å²) in [5.41, 5.74) is -0.941. The van der Waals surface area contributed by atoms with Gasteiger partial charge in [0.2, 0.25) is 0 Å². The van der Waals surface area contributed by atoms with Crippen LogP contribution in [0.5, 0.6) is 0 Å². The molecule has 1 aliphatic carbocycles. The summed E-state index contributed by atoms with van der Waals surface area (Å²) >= 11 is 0. The summed E-state index contributed by atoms with van der Waals surface area (Å²) in [7, 11) is 0. The molecule has 0 bridgehead atoms. The van der Waals surface area contributed by atoms with Crippen LogP contribution in [0.4, 0.5) is 18.4 Å². The third-order valence-corrected chi connectivity index (χ3v) is 6.68. The number of amides is 3. The van der Waals surface area contributed by atoms with Gasteiger partial charge in [0.25, 0.3) is 5.54 Å². The Morgan fingerprint density at radius 1 is 1.29 bits per heavy atom. The molecule has 0 radical (unpaired) electrons. The first kappa shape index (κ1) is 24.7. The molecule has 3 N–H and O–H groups in total. The van der Waals surface area contributed by atoms with Crippen molar-refractivity contribution in [3.05, 3.63) is 69.8 Å². The third kappa shape index (κ3) is 5.17. The predicted molar refractivity (Wildman–Crippen MR) is 121 cm³/mol. The van der Waals surface area contributed by atoms with Gasteiger partial charge in [-0.15, -0.1) is 0 Å². The monoisotopic (exact) mass is 491 g/mol. The highest BCUT2D eigenvalue weighted by molar-refractivity contribution is 5.92. The van der Waals surface area contributed by atoms with E-state index < -0.39 is 35.3 Å². The van der Waals surface area contributed by atoms with E-state index in [1.165, 1.54) is 6.07 Å². The van der Waals surface area contributed by atoms with Crippen molar-refractivity contribution in [1.82, 2.24) is 20.9 Å². The van der Waals surface area contributed by atoms with Gasteiger partial charge in [-0.1, -0.05) is 24.3 Å². The van der Waals surface area contributed by atoms with Crippen molar-refractivity contribution in [1.29, 1.82) is 0 Å². The van der Waals surface area contributed by atoms with Gasteiger partial charge >= 0.3 is 12.1 Å². The Labute approximate surface area is 200 Å². The molecule has 0 aromatic heterocycles. The highest BCUT2D eigenvalue weighted by atomic mass is 19.2. The molecule has 35 heavy (non-hydrogen) atoms. The lowest BCUT2D eigenvalue weighted by atomic mass is 9.79. The first-order chi connectivity index (χ1) is 16.8. The van der Waals surface area contributed by atoms with E-state index in [0.29, 0.717) is 25.9 Å². The number of hydrogen-bond acceptors (Lipinski definition) is 7. The minimum atomic E-state index is -1.19. The fraction of sp³-hybridized carbons (Fsp3) is 0.478. The number of cyclic esters (lactones) is 1. The van der Waals surface area contributed by atoms with Crippen LogP contribution in [0, 0.1) is 21.7 Å². The van der Waals surface area contributed by atoms with Gasteiger partial charge in [-0.25, -0.2) is 23.3 Å². The molecule has 12 heteroatoms. The molecule has 2 aliphatic heterocycles. The van der Waals surface area contributed by atoms with Gasteiger partial charge in [0.15, 0.2) is 11.6 Å². The molecule has 0 spiro atoms. The van der Waals surface area contributed by atoms with E-state index in [9.17, 15) is 28.5 Å². The van der Waals surface area contributed by atoms with Crippen molar-refractivity contribution >= 4 is 12.1 Å². The number of nitrogens with zero attached hydrogens (tertiary/aromatic N) is 2. The van der Waals surface area contributed by atoms with Crippen molar-refractivity contribution < 1.29 is 28.0 Å². The number of nitrogens with one attached hydrogen (secondary N) is 3. The van der Waals surface area contributed by atoms with Crippen molar-refractivity contribution in [2.75, 3.05) is 26.2 Å². The van der Waals surface area contributed by atoms with Gasteiger partial charge in [0.1, 0.15) is 12.6 Å². The maximum absolute atomic E-state index is 13.6. The maximum atomic E-state index is 13.6. The lowest BCUT2D eigenvalue weighted by Crippen LogP contribution is -2.60. The third-order valence-electron chi connectivity index (χ3n) is 6.68. The maximum Gasteiger partial charge on any atom is 0.418 e. The smallest absolute Gasteiger partial charge is 0.418 e. The van der Waals surface area contributed by atoms with Crippen LogP contribution in [-0.2, 0) is 4.74 Å². The molecule has 2 heterocycles. The fourth-order valence-electron chi connectivity index (χ4n) is 4.77. The molecule has 188 valence electrons. The number of carbonyl (C=O) groups excluding carboxylic acids is 2. The SMILES string of the molecule is O=C(NCCNC1CCNC(C2([N+](=O)[O-])C=CC=CC2)C1)N1C(=O)OC[C@@H]1c1ccc(F)c(F)c1. The summed E-state index contributed by atoms with van der Waals surface area (Å²) < 4.78 is 31.8. The van der Waals surface area contributed by atoms with Crippen LogP contribution in [0.25, 0.3) is 0 Å². The van der Waals surface area contributed by atoms with Crippen LogP contribution < -0.4 is 16.0 Å². The van der Waals surface area contributed by atoms with Gasteiger partial charge in [0.05, 0.1) is 6.04 Å². The molecule has 10 nitrogen and oxygen atoms in total. The molecular formula is C23H27F2N5O5. The summed E-state index contributed by atoms with van der Waals surface area (Å²) in [6, 6.07) is 1.27. The number of benzene rings is 1. The second kappa shape index (κ2) is 10.5. The zero-order chi connectivity index (χ0) is 25.0. The van der Waals surface area contributed by atoms with E-state index in [4.69, 9.17) is 4.74 Å². The van der Waals surface area contributed by atoms with E-state index in [2.05, 4.69) is 16.0 Å². The fourth-order valence-corrected chi connectivity index (χ4v) is 4.77. The zero-order valence-electron chi connectivity index (χ0n) is 18.9. The highest BCUT2D eigenvalue weighted by Crippen LogP contribution is 2.31. The standard InChI is InChI=1S/C23H27F2N5O5/c24-17-5-4-15(12-18(17)25)19-14-35-22(32)29(19)21(31)28-11-10-26-16-6-9-27-20(13-16)23(30(33)34)7-2-1-3-8-23/h1-5,7,12,16,19-20,26-27H,6,8-11,13-14H2,(H,28,31)/t16?,19-,20?,23?/m1/s1. The molecule has 3 aliphatic rings. The first-order valence-corrected chi connectivity index (χ1v) is 11.5. The minimum absolute atomic E-state index is 0.0148. The topological polar surface area (TPSA) is 126 Å². The van der Waals surface area contributed by atoms with Gasteiger partial charge < -0.3 is 20.7 Å². The Bertz CT molecular complexity index is 1050. The van der Waals surface area contributed by atoms with E-state index in [1.807, 2.05) is 0 Å². The molecule has 4 rings (SSSR count). The molecule has 4 atom stereocenters. The Morgan fingerprint density at radius 2 is 2.11 bits per heavy atom. The molecule has 0 saturated carbocycles. The largest absolute Gasteiger partial charge is 0.446 e. The molecule has 3 unspecified atom stereocenters. The molecule has 1 aromatic rings. The number of imide groups is 1. The number of allylic oxidation sites excluding steroid dienone is 2. The summed E-state index contributed by atoms with van der Waals surface area (Å²) in [4.78, 5) is 37.2. The van der Waals surface area contributed by atoms with E-state index in [1.54, 1.807) is 24.3 Å². The van der Waals surface area contributed by atoms with Gasteiger partial charge in [0, 0.05) is 30.5 Å². The van der Waals surface area contributed by atoms with Crippen LogP contribution >= 0.6 is 0 Å². The van der Waals surface area contributed by atoms with Crippen molar-refractivity contribution in [2.45, 2.75) is 42.9 Å². The molecule has 1 aromatic carbocycles. The average Bonchev–Trinajstić information content (AvgIpc) is 3.25. The van der Waals surface area contributed by atoms with Gasteiger partial charge in [-0.2, -0.15) is 0 Å². The van der Waals surface area contributed by atoms with Crippen molar-refractivity contribution in [2.24, 2.45) is 0 Å². The first-order valence-electron chi connectivity index (χ1n) is 11.5. The predicted octanol–water partition coefficient (Wildman–Crippen LogP) is 2.41. The quantitative estimate of drug-likeness (QED) is 0.304. The summed E-state index contributed by atoms with van der Waals surface area (Å²) in [6.07, 6.45) is 7.72. The highest BCUT2D eigenvalue weighted by Gasteiger charge is 2.49. The lowest BCUT2D eigenvalue weighted by molar-refractivity contribution is -0.560. The van der Waals surface area contributed by atoms with E-state index in [0.717, 1.165) is 23.5 Å². The second-order valence-electron chi connectivity index (χ2n) is 8.79. The normalized spacial score (nSPS) is 28.1.